The maximum absolute atomic E-state index is 11.4. The highest BCUT2D eigenvalue weighted by atomic mass is 16.5. The summed E-state index contributed by atoms with van der Waals surface area (Å²) in [6, 6.07) is 9.46. The summed E-state index contributed by atoms with van der Waals surface area (Å²) in [5, 5.41) is 10.2. The first-order valence-electron chi connectivity index (χ1n) is 4.28. The fourth-order valence-electron chi connectivity index (χ4n) is 1.15. The molecule has 1 aromatic carbocycles. The highest BCUT2D eigenvalue weighted by Gasteiger charge is 2.33. The van der Waals surface area contributed by atoms with E-state index in [4.69, 9.17) is 0 Å². The van der Waals surface area contributed by atoms with Crippen molar-refractivity contribution < 1.29 is 10.0 Å². The maximum atomic E-state index is 11.4. The van der Waals surface area contributed by atoms with E-state index < -0.39 is 0 Å². The Hall–Kier alpha value is -1.35. The van der Waals surface area contributed by atoms with E-state index in [1.165, 1.54) is 0 Å². The molecule has 3 heteroatoms. The molecule has 0 bridgehead atoms. The summed E-state index contributed by atoms with van der Waals surface area (Å²) in [5.74, 6) is -0.166. The highest BCUT2D eigenvalue weighted by molar-refractivity contribution is 5.94. The quantitative estimate of drug-likeness (QED) is 0.549. The summed E-state index contributed by atoms with van der Waals surface area (Å²) < 4.78 is 0. The number of rotatable bonds is 2. The van der Waals surface area contributed by atoms with Crippen LogP contribution in [-0.4, -0.2) is 11.1 Å². The van der Waals surface area contributed by atoms with Crippen molar-refractivity contribution in [3.8, 4) is 0 Å². The van der Waals surface area contributed by atoms with E-state index in [-0.39, 0.29) is 11.8 Å². The monoisotopic (exact) mass is 176 g/mol. The van der Waals surface area contributed by atoms with Gasteiger partial charge in [-0.05, 0) is 31.0 Å². The van der Waals surface area contributed by atoms with Gasteiger partial charge in [0, 0.05) is 5.92 Å². The molecule has 1 N–H and O–H groups in total. The van der Waals surface area contributed by atoms with Gasteiger partial charge in [0.1, 0.15) is 0 Å². The van der Waals surface area contributed by atoms with E-state index in [1.54, 1.807) is 24.3 Å². The predicted octanol–water partition coefficient (Wildman–Crippen LogP) is 1.62. The first-order chi connectivity index (χ1) is 6.29. The van der Waals surface area contributed by atoms with Gasteiger partial charge in [-0.3, -0.25) is 10.0 Å². The number of anilines is 1. The summed E-state index contributed by atoms with van der Waals surface area (Å²) in [6.45, 7) is 0. The molecule has 1 amide bonds. The lowest BCUT2D eigenvalue weighted by Crippen LogP contribution is -2.28. The Bertz CT molecular complexity index is 306. The van der Waals surface area contributed by atoms with Crippen molar-refractivity contribution in [3.63, 3.8) is 0 Å². The number of carbonyl (C=O) groups excluding carboxylic acids is 1. The second-order valence-corrected chi connectivity index (χ2v) is 3.18. The molecule has 0 unspecified atom stereocenters. The average molecular weight is 176 g/mol. The van der Waals surface area contributed by atoms with Gasteiger partial charge in [-0.15, -0.1) is 0 Å². The van der Waals surface area contributed by atoms with Crippen LogP contribution in [0.3, 0.4) is 0 Å². The van der Waals surface area contributed by atoms with Gasteiger partial charge in [0.25, 0.3) is 5.91 Å². The highest BCUT2D eigenvalue weighted by Crippen LogP contribution is 2.31. The molecule has 2 rings (SSSR count). The third-order valence-electron chi connectivity index (χ3n) is 2.08. The smallest absolute Gasteiger partial charge is 0.253 e. The molecule has 0 heterocycles. The fourth-order valence-corrected chi connectivity index (χ4v) is 1.15. The van der Waals surface area contributed by atoms with Gasteiger partial charge in [-0.1, -0.05) is 12.1 Å². The standard InChI is InChI=1S/C10H10NO2/c12-10(8-6-7-8)11(13)9-4-2-1-3-5-9/h2-5,8,13H,6-7H2. The number of hydrogen-bond acceptors (Lipinski definition) is 2. The minimum atomic E-state index is -0.203. The van der Waals surface area contributed by atoms with Crippen molar-refractivity contribution in [2.45, 2.75) is 12.8 Å². The van der Waals surface area contributed by atoms with Crippen LogP contribution in [0.15, 0.2) is 24.3 Å². The van der Waals surface area contributed by atoms with E-state index in [0.29, 0.717) is 5.69 Å². The van der Waals surface area contributed by atoms with Gasteiger partial charge >= 0.3 is 0 Å². The van der Waals surface area contributed by atoms with Crippen molar-refractivity contribution in [1.29, 1.82) is 0 Å². The van der Waals surface area contributed by atoms with Gasteiger partial charge < -0.3 is 0 Å². The number of hydrogen-bond donors (Lipinski definition) is 1. The molecule has 3 nitrogen and oxygen atoms in total. The van der Waals surface area contributed by atoms with Crippen molar-refractivity contribution in [2.75, 3.05) is 5.06 Å². The number of amides is 1. The SMILES string of the molecule is O=C(C1CC1)N(O)c1cc[c]cc1. The van der Waals surface area contributed by atoms with Crippen molar-refractivity contribution >= 4 is 11.6 Å². The second kappa shape index (κ2) is 3.18. The third-order valence-corrected chi connectivity index (χ3v) is 2.08. The second-order valence-electron chi connectivity index (χ2n) is 3.18. The summed E-state index contributed by atoms with van der Waals surface area (Å²) >= 11 is 0. The average Bonchev–Trinajstić information content (AvgIpc) is 3.00. The minimum absolute atomic E-state index is 0.0363. The summed E-state index contributed by atoms with van der Waals surface area (Å²) in [4.78, 5) is 11.4. The van der Waals surface area contributed by atoms with Crippen molar-refractivity contribution in [3.05, 3.63) is 30.3 Å². The largest absolute Gasteiger partial charge is 0.281 e. The third kappa shape index (κ3) is 1.70. The number of benzene rings is 1. The maximum Gasteiger partial charge on any atom is 0.253 e. The number of hydroxylamine groups is 1. The molecule has 0 atom stereocenters. The zero-order valence-electron chi connectivity index (χ0n) is 7.10. The summed E-state index contributed by atoms with van der Waals surface area (Å²) in [5.41, 5.74) is 0.510. The van der Waals surface area contributed by atoms with Crippen LogP contribution < -0.4 is 5.06 Å². The van der Waals surface area contributed by atoms with Gasteiger partial charge in [0.15, 0.2) is 0 Å². The van der Waals surface area contributed by atoms with E-state index in [2.05, 4.69) is 6.07 Å². The van der Waals surface area contributed by atoms with Crippen LogP contribution in [0.4, 0.5) is 5.69 Å². The Morgan fingerprint density at radius 1 is 1.46 bits per heavy atom. The zero-order chi connectivity index (χ0) is 9.26. The summed E-state index contributed by atoms with van der Waals surface area (Å²) in [6.07, 6.45) is 1.80. The summed E-state index contributed by atoms with van der Waals surface area (Å²) in [7, 11) is 0. The Kier molecular flexibility index (Phi) is 2.02. The molecule has 1 aromatic rings. The number of carbonyl (C=O) groups is 1. The molecule has 0 aromatic heterocycles. The van der Waals surface area contributed by atoms with Gasteiger partial charge in [0.05, 0.1) is 5.69 Å². The molecule has 0 spiro atoms. The lowest BCUT2D eigenvalue weighted by Gasteiger charge is -2.13. The Labute approximate surface area is 76.6 Å². The van der Waals surface area contributed by atoms with Crippen LogP contribution in [0.25, 0.3) is 0 Å². The molecule has 1 fully saturated rings. The Morgan fingerprint density at radius 2 is 2.08 bits per heavy atom. The van der Waals surface area contributed by atoms with E-state index >= 15 is 0 Å². The number of nitrogens with zero attached hydrogens (tertiary/aromatic N) is 1. The topological polar surface area (TPSA) is 40.5 Å². The zero-order valence-corrected chi connectivity index (χ0v) is 7.10. The molecule has 1 aliphatic rings. The van der Waals surface area contributed by atoms with E-state index in [1.807, 2.05) is 0 Å². The van der Waals surface area contributed by atoms with Crippen LogP contribution in [0.1, 0.15) is 12.8 Å². The van der Waals surface area contributed by atoms with Crippen LogP contribution in [0, 0.1) is 12.0 Å². The molecule has 1 saturated carbocycles. The molecule has 13 heavy (non-hydrogen) atoms. The van der Waals surface area contributed by atoms with E-state index in [0.717, 1.165) is 17.9 Å². The van der Waals surface area contributed by atoms with Crippen LogP contribution in [-0.2, 0) is 4.79 Å². The molecular weight excluding hydrogens is 166 g/mol. The molecule has 67 valence electrons. The molecule has 0 saturated heterocycles. The Morgan fingerprint density at radius 3 is 2.62 bits per heavy atom. The molecular formula is C10H10NO2. The van der Waals surface area contributed by atoms with Gasteiger partial charge in [-0.2, -0.15) is 5.06 Å². The van der Waals surface area contributed by atoms with Gasteiger partial charge in [0.2, 0.25) is 0 Å². The Balaban J connectivity index is 2.12. The molecule has 1 aliphatic carbocycles. The van der Waals surface area contributed by atoms with Crippen LogP contribution >= 0.6 is 0 Å². The fraction of sp³-hybridized carbons (Fsp3) is 0.300. The van der Waals surface area contributed by atoms with Gasteiger partial charge in [-0.25, -0.2) is 0 Å². The van der Waals surface area contributed by atoms with Crippen molar-refractivity contribution in [1.82, 2.24) is 0 Å². The molecule has 0 aliphatic heterocycles. The molecule has 1 radical (unpaired) electrons. The normalized spacial score (nSPS) is 15.5. The first-order valence-corrected chi connectivity index (χ1v) is 4.28. The predicted molar refractivity (Wildman–Crippen MR) is 47.3 cm³/mol. The lowest BCUT2D eigenvalue weighted by molar-refractivity contribution is -0.124. The van der Waals surface area contributed by atoms with Crippen LogP contribution in [0.2, 0.25) is 0 Å². The minimum Gasteiger partial charge on any atom is -0.281 e. The lowest BCUT2D eigenvalue weighted by atomic mass is 10.3. The van der Waals surface area contributed by atoms with E-state index in [9.17, 15) is 10.0 Å². The van der Waals surface area contributed by atoms with Crippen LogP contribution in [0.5, 0.6) is 0 Å². The first kappa shape index (κ1) is 8.26. The van der Waals surface area contributed by atoms with Crippen molar-refractivity contribution in [2.24, 2.45) is 5.92 Å².